The Morgan fingerprint density at radius 2 is 1.89 bits per heavy atom. The highest BCUT2D eigenvalue weighted by molar-refractivity contribution is 5.35. The second kappa shape index (κ2) is 7.18. The summed E-state index contributed by atoms with van der Waals surface area (Å²) < 4.78 is 18.8. The Morgan fingerprint density at radius 3 is 2.71 bits per heavy atom. The van der Waals surface area contributed by atoms with Gasteiger partial charge in [-0.3, -0.25) is 5.10 Å². The Morgan fingerprint density at radius 1 is 1.04 bits per heavy atom. The highest BCUT2D eigenvalue weighted by atomic mass is 19.1. The number of H-pyrrole nitrogens is 1. The highest BCUT2D eigenvalue weighted by Gasteiger charge is 2.30. The first-order valence-electron chi connectivity index (χ1n) is 9.68. The summed E-state index contributed by atoms with van der Waals surface area (Å²) in [5, 5.41) is 7.55. The van der Waals surface area contributed by atoms with Gasteiger partial charge in [-0.2, -0.15) is 10.1 Å². The topological polar surface area (TPSA) is 79.8 Å². The summed E-state index contributed by atoms with van der Waals surface area (Å²) in [6, 6.07) is 7.58. The van der Waals surface area contributed by atoms with E-state index in [0.29, 0.717) is 23.5 Å². The third-order valence-corrected chi connectivity index (χ3v) is 5.21. The van der Waals surface area contributed by atoms with Crippen LogP contribution in [0.4, 0.5) is 10.3 Å². The molecule has 0 unspecified atom stereocenters. The van der Waals surface area contributed by atoms with Crippen LogP contribution in [0.3, 0.4) is 0 Å². The van der Waals surface area contributed by atoms with E-state index < -0.39 is 0 Å². The van der Waals surface area contributed by atoms with Crippen molar-refractivity contribution in [2.75, 3.05) is 18.0 Å². The molecule has 1 saturated carbocycles. The van der Waals surface area contributed by atoms with Crippen molar-refractivity contribution in [3.05, 3.63) is 54.0 Å². The summed E-state index contributed by atoms with van der Waals surface area (Å²) in [7, 11) is 0. The Bertz CT molecular complexity index is 955. The minimum Gasteiger partial charge on any atom is -0.439 e. The van der Waals surface area contributed by atoms with Crippen LogP contribution < -0.4 is 9.64 Å². The van der Waals surface area contributed by atoms with E-state index in [1.54, 1.807) is 24.4 Å². The van der Waals surface area contributed by atoms with Gasteiger partial charge in [0.1, 0.15) is 17.4 Å². The van der Waals surface area contributed by atoms with Gasteiger partial charge in [0.2, 0.25) is 11.8 Å². The van der Waals surface area contributed by atoms with Gasteiger partial charge in [-0.15, -0.1) is 0 Å². The van der Waals surface area contributed by atoms with Gasteiger partial charge in [-0.1, -0.05) is 0 Å². The molecule has 1 aliphatic heterocycles. The third-order valence-electron chi connectivity index (χ3n) is 5.21. The van der Waals surface area contributed by atoms with Gasteiger partial charge in [0.15, 0.2) is 5.82 Å². The molecule has 2 aliphatic rings. The molecular weight excluding hydrogens is 359 g/mol. The summed E-state index contributed by atoms with van der Waals surface area (Å²) >= 11 is 0. The maximum atomic E-state index is 13.1. The molecule has 3 aromatic rings. The molecule has 2 fully saturated rings. The molecule has 0 spiro atoms. The number of anilines is 1. The molecular formula is C20H21FN6O. The van der Waals surface area contributed by atoms with Crippen molar-refractivity contribution in [3.63, 3.8) is 0 Å². The molecule has 8 heteroatoms. The molecule has 1 saturated heterocycles. The lowest BCUT2D eigenvalue weighted by molar-refractivity contribution is 0.453. The summed E-state index contributed by atoms with van der Waals surface area (Å²) in [6.07, 6.45) is 6.19. The van der Waals surface area contributed by atoms with E-state index in [1.807, 2.05) is 0 Å². The fourth-order valence-corrected chi connectivity index (χ4v) is 3.54. The Balaban J connectivity index is 1.30. The number of halogens is 1. The lowest BCUT2D eigenvalue weighted by Gasteiger charge is -2.31. The van der Waals surface area contributed by atoms with Gasteiger partial charge in [-0.05, 0) is 49.9 Å². The molecule has 1 aromatic carbocycles. The van der Waals surface area contributed by atoms with Gasteiger partial charge in [0.25, 0.3) is 0 Å². The van der Waals surface area contributed by atoms with Crippen molar-refractivity contribution in [1.82, 2.24) is 25.1 Å². The van der Waals surface area contributed by atoms with Crippen LogP contribution in [-0.4, -0.2) is 38.2 Å². The SMILES string of the molecule is Fc1ccc(Oc2ccnc(N3CCC[C@H](c4n[nH]c(C5CC5)n4)C3)n2)cc1. The Kier molecular flexibility index (Phi) is 4.38. The number of hydrogen-bond donors (Lipinski definition) is 1. The molecule has 0 radical (unpaired) electrons. The van der Waals surface area contributed by atoms with Gasteiger partial charge in [0.05, 0.1) is 0 Å². The average Bonchev–Trinajstić information content (AvgIpc) is 3.47. The van der Waals surface area contributed by atoms with E-state index in [4.69, 9.17) is 9.72 Å². The third kappa shape index (κ3) is 3.67. The fraction of sp³-hybridized carbons (Fsp3) is 0.400. The quantitative estimate of drug-likeness (QED) is 0.725. The molecule has 28 heavy (non-hydrogen) atoms. The summed E-state index contributed by atoms with van der Waals surface area (Å²) in [6.45, 7) is 1.67. The molecule has 1 atom stereocenters. The van der Waals surface area contributed by atoms with Gasteiger partial charge in [0, 0.05) is 37.2 Å². The lowest BCUT2D eigenvalue weighted by atomic mass is 9.97. The monoisotopic (exact) mass is 380 g/mol. The van der Waals surface area contributed by atoms with E-state index in [0.717, 1.165) is 37.6 Å². The smallest absolute Gasteiger partial charge is 0.228 e. The molecule has 1 N–H and O–H groups in total. The first kappa shape index (κ1) is 17.1. The number of nitrogens with one attached hydrogen (secondary N) is 1. The first-order valence-corrected chi connectivity index (χ1v) is 9.68. The van der Waals surface area contributed by atoms with Gasteiger partial charge >= 0.3 is 0 Å². The summed E-state index contributed by atoms with van der Waals surface area (Å²) in [4.78, 5) is 15.8. The number of aromatic amines is 1. The number of rotatable bonds is 5. The van der Waals surface area contributed by atoms with Gasteiger partial charge < -0.3 is 9.64 Å². The second-order valence-electron chi connectivity index (χ2n) is 7.39. The average molecular weight is 380 g/mol. The van der Waals surface area contributed by atoms with Crippen molar-refractivity contribution in [1.29, 1.82) is 0 Å². The Hall–Kier alpha value is -3.03. The van der Waals surface area contributed by atoms with Crippen LogP contribution in [0.5, 0.6) is 11.6 Å². The molecule has 7 nitrogen and oxygen atoms in total. The van der Waals surface area contributed by atoms with E-state index >= 15 is 0 Å². The van der Waals surface area contributed by atoms with Crippen LogP contribution in [-0.2, 0) is 0 Å². The number of piperidine rings is 1. The largest absolute Gasteiger partial charge is 0.439 e. The zero-order valence-electron chi connectivity index (χ0n) is 15.4. The van der Waals surface area contributed by atoms with E-state index in [9.17, 15) is 4.39 Å². The lowest BCUT2D eigenvalue weighted by Crippen LogP contribution is -2.36. The fourth-order valence-electron chi connectivity index (χ4n) is 3.54. The predicted octanol–water partition coefficient (Wildman–Crippen LogP) is 3.79. The minimum atomic E-state index is -0.299. The number of benzene rings is 1. The zero-order valence-corrected chi connectivity index (χ0v) is 15.4. The van der Waals surface area contributed by atoms with Crippen LogP contribution in [0.15, 0.2) is 36.5 Å². The standard InChI is InChI=1S/C20H21FN6O/c21-15-5-7-16(8-6-15)28-17-9-10-22-20(23-17)27-11-1-2-14(12-27)19-24-18(25-26-19)13-3-4-13/h5-10,13-14H,1-4,11-12H2,(H,24,25,26)/t14-/m0/s1. The van der Waals surface area contributed by atoms with Crippen LogP contribution in [0.1, 0.15) is 49.2 Å². The van der Waals surface area contributed by atoms with Crippen LogP contribution >= 0.6 is 0 Å². The van der Waals surface area contributed by atoms with Crippen molar-refractivity contribution in [2.45, 2.75) is 37.5 Å². The molecule has 5 rings (SSSR count). The predicted molar refractivity (Wildman–Crippen MR) is 101 cm³/mol. The van der Waals surface area contributed by atoms with Crippen LogP contribution in [0.2, 0.25) is 0 Å². The van der Waals surface area contributed by atoms with Crippen LogP contribution in [0, 0.1) is 5.82 Å². The molecule has 0 bridgehead atoms. The molecule has 3 heterocycles. The maximum Gasteiger partial charge on any atom is 0.228 e. The van der Waals surface area contributed by atoms with Crippen LogP contribution in [0.25, 0.3) is 0 Å². The molecule has 2 aromatic heterocycles. The number of hydrogen-bond acceptors (Lipinski definition) is 6. The molecule has 0 amide bonds. The molecule has 144 valence electrons. The maximum absolute atomic E-state index is 13.1. The van der Waals surface area contributed by atoms with E-state index in [-0.39, 0.29) is 11.7 Å². The number of aromatic nitrogens is 5. The van der Waals surface area contributed by atoms with Crippen molar-refractivity contribution in [2.24, 2.45) is 0 Å². The van der Waals surface area contributed by atoms with Crippen molar-refractivity contribution in [3.8, 4) is 11.6 Å². The zero-order chi connectivity index (χ0) is 18.9. The summed E-state index contributed by atoms with van der Waals surface area (Å²) in [5.74, 6) is 4.06. The second-order valence-corrected chi connectivity index (χ2v) is 7.39. The Labute approximate surface area is 162 Å². The number of ether oxygens (including phenoxy) is 1. The molecule has 1 aliphatic carbocycles. The van der Waals surface area contributed by atoms with Crippen molar-refractivity contribution < 1.29 is 9.13 Å². The summed E-state index contributed by atoms with van der Waals surface area (Å²) in [5.41, 5.74) is 0. The van der Waals surface area contributed by atoms with Gasteiger partial charge in [-0.25, -0.2) is 14.4 Å². The van der Waals surface area contributed by atoms with E-state index in [2.05, 4.69) is 25.1 Å². The van der Waals surface area contributed by atoms with Crippen molar-refractivity contribution >= 4 is 5.95 Å². The normalized spacial score (nSPS) is 19.6. The number of nitrogens with zero attached hydrogens (tertiary/aromatic N) is 5. The van der Waals surface area contributed by atoms with E-state index in [1.165, 1.54) is 25.0 Å². The minimum absolute atomic E-state index is 0.266. The first-order chi connectivity index (χ1) is 13.7. The highest BCUT2D eigenvalue weighted by Crippen LogP contribution is 2.38.